The molecule has 0 aliphatic carbocycles. The fourth-order valence-electron chi connectivity index (χ4n) is 0.867. The van der Waals surface area contributed by atoms with Crippen LogP contribution in [-0.4, -0.2) is 4.92 Å². The summed E-state index contributed by atoms with van der Waals surface area (Å²) in [6, 6.07) is 5.64. The van der Waals surface area contributed by atoms with Crippen molar-refractivity contribution in [2.45, 2.75) is 13.0 Å². The second kappa shape index (κ2) is 3.32. The second-order valence-electron chi connectivity index (χ2n) is 2.49. The molecule has 1 atom stereocenters. The number of benzene rings is 1. The Labute approximate surface area is 69.6 Å². The van der Waals surface area contributed by atoms with E-state index in [1.54, 1.807) is 0 Å². The second-order valence-corrected chi connectivity index (χ2v) is 2.49. The Morgan fingerprint density at radius 3 is 2.17 bits per heavy atom. The van der Waals surface area contributed by atoms with E-state index in [0.29, 0.717) is 5.56 Å². The summed E-state index contributed by atoms with van der Waals surface area (Å²) in [7, 11) is 0. The molecule has 4 nitrogen and oxygen atoms in total. The molecular weight excluding hydrogens is 158 g/mol. The van der Waals surface area contributed by atoms with Crippen LogP contribution in [0.5, 0.6) is 0 Å². The minimum absolute atomic E-state index is 0.0133. The van der Waals surface area contributed by atoms with Crippen molar-refractivity contribution in [1.29, 1.82) is 0 Å². The van der Waals surface area contributed by atoms with Crippen LogP contribution in [0.15, 0.2) is 24.3 Å². The number of hydrogen-bond acceptors (Lipinski definition) is 2. The van der Waals surface area contributed by atoms with Gasteiger partial charge in [0.25, 0.3) is 5.69 Å². The average Bonchev–Trinajstić information content (AvgIpc) is 2.04. The van der Waals surface area contributed by atoms with Gasteiger partial charge in [-0.3, -0.25) is 10.1 Å². The summed E-state index contributed by atoms with van der Waals surface area (Å²) >= 11 is 0. The van der Waals surface area contributed by atoms with Gasteiger partial charge in [-0.2, -0.15) is 0 Å². The van der Waals surface area contributed by atoms with Gasteiger partial charge < -0.3 is 0 Å². The molecule has 63 valence electrons. The SMILES string of the molecule is CC([O])c1ccc([N+](=O)[O-])cc1. The van der Waals surface area contributed by atoms with E-state index >= 15 is 0 Å². The summed E-state index contributed by atoms with van der Waals surface area (Å²) in [6.07, 6.45) is -0.828. The number of nitrogens with zero attached hydrogens (tertiary/aromatic N) is 1. The number of hydrogen-bond donors (Lipinski definition) is 0. The molecule has 1 radical (unpaired) electrons. The molecule has 0 aromatic heterocycles. The van der Waals surface area contributed by atoms with E-state index in [4.69, 9.17) is 0 Å². The molecule has 12 heavy (non-hydrogen) atoms. The molecule has 0 N–H and O–H groups in total. The van der Waals surface area contributed by atoms with Crippen molar-refractivity contribution < 1.29 is 10.0 Å². The van der Waals surface area contributed by atoms with Gasteiger partial charge in [0.05, 0.1) is 4.92 Å². The van der Waals surface area contributed by atoms with Crippen LogP contribution in [-0.2, 0) is 5.11 Å². The normalized spacial score (nSPS) is 12.5. The zero-order valence-electron chi connectivity index (χ0n) is 6.56. The van der Waals surface area contributed by atoms with Crippen LogP contribution in [0.1, 0.15) is 18.6 Å². The van der Waals surface area contributed by atoms with E-state index in [-0.39, 0.29) is 5.69 Å². The number of rotatable bonds is 2. The van der Waals surface area contributed by atoms with E-state index in [2.05, 4.69) is 0 Å². The van der Waals surface area contributed by atoms with Crippen molar-refractivity contribution >= 4 is 5.69 Å². The predicted molar refractivity (Wildman–Crippen MR) is 42.2 cm³/mol. The Hall–Kier alpha value is -1.42. The molecule has 0 aliphatic rings. The van der Waals surface area contributed by atoms with Crippen molar-refractivity contribution in [3.05, 3.63) is 39.9 Å². The van der Waals surface area contributed by atoms with Crippen LogP contribution >= 0.6 is 0 Å². The van der Waals surface area contributed by atoms with Gasteiger partial charge in [-0.1, -0.05) is 0 Å². The number of nitro groups is 1. The maximum absolute atomic E-state index is 10.8. The van der Waals surface area contributed by atoms with Crippen molar-refractivity contribution in [2.24, 2.45) is 0 Å². The first-order valence-electron chi connectivity index (χ1n) is 3.51. The average molecular weight is 166 g/mol. The minimum atomic E-state index is -0.828. The van der Waals surface area contributed by atoms with Crippen molar-refractivity contribution in [3.8, 4) is 0 Å². The zero-order chi connectivity index (χ0) is 9.14. The van der Waals surface area contributed by atoms with Gasteiger partial charge in [-0.05, 0) is 24.6 Å². The minimum Gasteiger partial charge on any atom is -0.258 e. The Morgan fingerprint density at radius 1 is 1.33 bits per heavy atom. The molecule has 1 rings (SSSR count). The molecule has 1 aromatic rings. The van der Waals surface area contributed by atoms with E-state index in [1.807, 2.05) is 0 Å². The van der Waals surface area contributed by atoms with Gasteiger partial charge in [0, 0.05) is 12.1 Å². The highest BCUT2D eigenvalue weighted by Gasteiger charge is 2.06. The molecule has 1 unspecified atom stereocenters. The molecule has 1 aromatic carbocycles. The molecule has 0 spiro atoms. The molecule has 0 heterocycles. The third kappa shape index (κ3) is 1.79. The summed E-state index contributed by atoms with van der Waals surface area (Å²) in [6.45, 7) is 1.50. The highest BCUT2D eigenvalue weighted by Crippen LogP contribution is 2.17. The lowest BCUT2D eigenvalue weighted by Gasteiger charge is -1.99. The van der Waals surface area contributed by atoms with Crippen molar-refractivity contribution in [1.82, 2.24) is 0 Å². The summed E-state index contributed by atoms with van der Waals surface area (Å²) in [5, 5.41) is 21.0. The highest BCUT2D eigenvalue weighted by atomic mass is 16.6. The van der Waals surface area contributed by atoms with E-state index in [1.165, 1.54) is 31.2 Å². The third-order valence-corrected chi connectivity index (χ3v) is 1.57. The van der Waals surface area contributed by atoms with Crippen LogP contribution in [0.25, 0.3) is 0 Å². The van der Waals surface area contributed by atoms with Gasteiger partial charge in [0.2, 0.25) is 0 Å². The Balaban J connectivity index is 2.93. The predicted octanol–water partition coefficient (Wildman–Crippen LogP) is 2.09. The molecule has 0 bridgehead atoms. The van der Waals surface area contributed by atoms with Gasteiger partial charge in [-0.15, -0.1) is 0 Å². The van der Waals surface area contributed by atoms with Crippen LogP contribution in [0.3, 0.4) is 0 Å². The third-order valence-electron chi connectivity index (χ3n) is 1.57. The van der Waals surface area contributed by atoms with Gasteiger partial charge in [0.1, 0.15) is 6.10 Å². The standard InChI is InChI=1S/C8H8NO3/c1-6(10)7-2-4-8(5-3-7)9(11)12/h2-6H,1H3. The molecule has 0 aliphatic heterocycles. The molecule has 4 heteroatoms. The quantitative estimate of drug-likeness (QED) is 0.498. The first kappa shape index (κ1) is 8.67. The Bertz CT molecular complexity index is 279. The fourth-order valence-corrected chi connectivity index (χ4v) is 0.867. The smallest absolute Gasteiger partial charge is 0.258 e. The van der Waals surface area contributed by atoms with Crippen molar-refractivity contribution in [2.75, 3.05) is 0 Å². The number of non-ortho nitro benzene ring substituents is 1. The van der Waals surface area contributed by atoms with E-state index in [9.17, 15) is 15.2 Å². The number of nitro benzene ring substituents is 1. The monoisotopic (exact) mass is 166 g/mol. The summed E-state index contributed by atoms with van der Waals surface area (Å²) < 4.78 is 0. The lowest BCUT2D eigenvalue weighted by Crippen LogP contribution is -1.91. The topological polar surface area (TPSA) is 63.0 Å². The van der Waals surface area contributed by atoms with Crippen LogP contribution < -0.4 is 0 Å². The zero-order valence-corrected chi connectivity index (χ0v) is 6.56. The Kier molecular flexibility index (Phi) is 2.40. The summed E-state index contributed by atoms with van der Waals surface area (Å²) in [5.74, 6) is 0. The molecule has 0 saturated carbocycles. The highest BCUT2D eigenvalue weighted by molar-refractivity contribution is 5.33. The van der Waals surface area contributed by atoms with Crippen LogP contribution in [0, 0.1) is 10.1 Å². The lowest BCUT2D eigenvalue weighted by molar-refractivity contribution is -0.384. The largest absolute Gasteiger partial charge is 0.269 e. The van der Waals surface area contributed by atoms with Gasteiger partial charge in [0.15, 0.2) is 0 Å². The molecular formula is C8H8NO3. The molecule has 0 fully saturated rings. The maximum Gasteiger partial charge on any atom is 0.269 e. The first-order valence-corrected chi connectivity index (χ1v) is 3.51. The van der Waals surface area contributed by atoms with Crippen molar-refractivity contribution in [3.63, 3.8) is 0 Å². The molecule has 0 amide bonds. The van der Waals surface area contributed by atoms with Crippen LogP contribution in [0.4, 0.5) is 5.69 Å². The maximum atomic E-state index is 10.8. The summed E-state index contributed by atoms with van der Waals surface area (Å²) in [4.78, 5) is 9.72. The lowest BCUT2D eigenvalue weighted by atomic mass is 10.1. The van der Waals surface area contributed by atoms with E-state index in [0.717, 1.165) is 0 Å². The first-order chi connectivity index (χ1) is 5.61. The Morgan fingerprint density at radius 2 is 1.83 bits per heavy atom. The van der Waals surface area contributed by atoms with Gasteiger partial charge in [-0.25, -0.2) is 5.11 Å². The summed E-state index contributed by atoms with van der Waals surface area (Å²) in [5.41, 5.74) is 0.583. The van der Waals surface area contributed by atoms with Gasteiger partial charge >= 0.3 is 0 Å². The van der Waals surface area contributed by atoms with E-state index < -0.39 is 11.0 Å². The fraction of sp³-hybridized carbons (Fsp3) is 0.250. The molecule has 0 saturated heterocycles. The van der Waals surface area contributed by atoms with Crippen LogP contribution in [0.2, 0.25) is 0 Å².